The van der Waals surface area contributed by atoms with Gasteiger partial charge in [0, 0.05) is 16.6 Å². The van der Waals surface area contributed by atoms with Crippen LogP contribution < -0.4 is 16.0 Å². The first-order valence-corrected chi connectivity index (χ1v) is 6.55. The van der Waals surface area contributed by atoms with Crippen LogP contribution in [-0.4, -0.2) is 12.1 Å². The normalized spacial score (nSPS) is 12.4. The van der Waals surface area contributed by atoms with Crippen LogP contribution in [0.15, 0.2) is 23.8 Å². The molecule has 96 valence electrons. The fourth-order valence-electron chi connectivity index (χ4n) is 2.00. The average molecular weight is 263 g/mol. The van der Waals surface area contributed by atoms with E-state index in [0.717, 1.165) is 21.8 Å². The van der Waals surface area contributed by atoms with E-state index in [-0.39, 0.29) is 6.04 Å². The van der Waals surface area contributed by atoms with Gasteiger partial charge in [0.1, 0.15) is 5.75 Å². The maximum atomic E-state index is 5.68. The fourth-order valence-corrected chi connectivity index (χ4v) is 2.70. The number of hydrogen-bond donors (Lipinski definition) is 2. The second-order valence-electron chi connectivity index (χ2n) is 4.13. The molecule has 0 aliphatic rings. The van der Waals surface area contributed by atoms with Gasteiger partial charge < -0.3 is 4.74 Å². The minimum atomic E-state index is -0.0910. The molecule has 3 N–H and O–H groups in total. The molecule has 1 unspecified atom stereocenters. The maximum absolute atomic E-state index is 5.68. The van der Waals surface area contributed by atoms with E-state index in [1.807, 2.05) is 12.3 Å². The van der Waals surface area contributed by atoms with Crippen molar-refractivity contribution in [2.24, 2.45) is 5.84 Å². The van der Waals surface area contributed by atoms with E-state index in [1.165, 1.54) is 5.56 Å². The Morgan fingerprint density at radius 1 is 1.39 bits per heavy atom. The van der Waals surface area contributed by atoms with Crippen LogP contribution in [0.4, 0.5) is 0 Å². The molecule has 0 aliphatic carbocycles. The Labute approximate surface area is 111 Å². The molecule has 4 nitrogen and oxygen atoms in total. The van der Waals surface area contributed by atoms with E-state index in [2.05, 4.69) is 30.3 Å². The third-order valence-corrected chi connectivity index (χ3v) is 3.97. The molecule has 2 rings (SSSR count). The second kappa shape index (κ2) is 5.48. The lowest BCUT2D eigenvalue weighted by molar-refractivity contribution is 0.401. The van der Waals surface area contributed by atoms with Gasteiger partial charge in [0.2, 0.25) is 0 Å². The van der Waals surface area contributed by atoms with Crippen molar-refractivity contribution in [3.8, 4) is 5.75 Å². The average Bonchev–Trinajstić information content (AvgIpc) is 2.89. The van der Waals surface area contributed by atoms with Crippen LogP contribution in [-0.2, 0) is 0 Å². The van der Waals surface area contributed by atoms with Gasteiger partial charge in [0.15, 0.2) is 0 Å². The highest BCUT2D eigenvalue weighted by atomic mass is 32.1. The lowest BCUT2D eigenvalue weighted by atomic mass is 9.99. The van der Waals surface area contributed by atoms with Crippen LogP contribution in [0.5, 0.6) is 5.75 Å². The van der Waals surface area contributed by atoms with E-state index in [9.17, 15) is 0 Å². The van der Waals surface area contributed by atoms with E-state index >= 15 is 0 Å². The van der Waals surface area contributed by atoms with Crippen LogP contribution in [0, 0.1) is 13.8 Å². The molecule has 1 aromatic carbocycles. The van der Waals surface area contributed by atoms with Crippen molar-refractivity contribution in [3.05, 3.63) is 45.4 Å². The van der Waals surface area contributed by atoms with Crippen LogP contribution in [0.2, 0.25) is 0 Å². The first kappa shape index (κ1) is 13.0. The van der Waals surface area contributed by atoms with Gasteiger partial charge in [-0.3, -0.25) is 10.8 Å². The van der Waals surface area contributed by atoms with Crippen molar-refractivity contribution in [2.75, 3.05) is 7.11 Å². The SMILES string of the molecule is COc1c(C(NN)c2cncs2)ccc(C)c1C. The molecular formula is C13H17N3OS. The molecule has 0 fully saturated rings. The number of nitrogens with one attached hydrogen (secondary N) is 1. The van der Waals surface area contributed by atoms with Gasteiger partial charge in [0.25, 0.3) is 0 Å². The number of rotatable bonds is 4. The summed E-state index contributed by atoms with van der Waals surface area (Å²) in [4.78, 5) is 5.16. The summed E-state index contributed by atoms with van der Waals surface area (Å²) >= 11 is 1.57. The lowest BCUT2D eigenvalue weighted by Crippen LogP contribution is -2.28. The van der Waals surface area contributed by atoms with Crippen LogP contribution in [0.1, 0.15) is 27.6 Å². The first-order valence-electron chi connectivity index (χ1n) is 5.67. The Morgan fingerprint density at radius 3 is 2.72 bits per heavy atom. The van der Waals surface area contributed by atoms with Gasteiger partial charge in [-0.25, -0.2) is 5.43 Å². The third-order valence-electron chi connectivity index (χ3n) is 3.12. The fraction of sp³-hybridized carbons (Fsp3) is 0.308. The van der Waals surface area contributed by atoms with Gasteiger partial charge in [-0.05, 0) is 25.0 Å². The molecule has 0 radical (unpaired) electrons. The quantitative estimate of drug-likeness (QED) is 0.656. The van der Waals surface area contributed by atoms with Crippen LogP contribution in [0.25, 0.3) is 0 Å². The van der Waals surface area contributed by atoms with Crippen molar-refractivity contribution in [1.82, 2.24) is 10.4 Å². The smallest absolute Gasteiger partial charge is 0.127 e. The lowest BCUT2D eigenvalue weighted by Gasteiger charge is -2.20. The zero-order chi connectivity index (χ0) is 13.1. The zero-order valence-electron chi connectivity index (χ0n) is 10.7. The summed E-state index contributed by atoms with van der Waals surface area (Å²) in [5.41, 5.74) is 8.01. The topological polar surface area (TPSA) is 60.2 Å². The van der Waals surface area contributed by atoms with Gasteiger partial charge in [-0.1, -0.05) is 12.1 Å². The number of aryl methyl sites for hydroxylation is 1. The minimum absolute atomic E-state index is 0.0910. The van der Waals surface area contributed by atoms with E-state index in [4.69, 9.17) is 10.6 Å². The molecule has 0 bridgehead atoms. The highest BCUT2D eigenvalue weighted by molar-refractivity contribution is 7.09. The molecule has 0 saturated heterocycles. The summed E-state index contributed by atoms with van der Waals surface area (Å²) in [5, 5.41) is 0. The molecule has 1 heterocycles. The number of ether oxygens (including phenoxy) is 1. The molecule has 18 heavy (non-hydrogen) atoms. The van der Waals surface area contributed by atoms with E-state index in [1.54, 1.807) is 24.0 Å². The summed E-state index contributed by atoms with van der Waals surface area (Å²) in [6.45, 7) is 4.12. The van der Waals surface area contributed by atoms with Crippen molar-refractivity contribution >= 4 is 11.3 Å². The second-order valence-corrected chi connectivity index (χ2v) is 5.05. The van der Waals surface area contributed by atoms with E-state index < -0.39 is 0 Å². The number of aromatic nitrogens is 1. The van der Waals surface area contributed by atoms with Crippen molar-refractivity contribution in [1.29, 1.82) is 0 Å². The number of methoxy groups -OCH3 is 1. The molecule has 0 saturated carbocycles. The number of nitrogens with two attached hydrogens (primary N) is 1. The Morgan fingerprint density at radius 2 is 2.17 bits per heavy atom. The monoisotopic (exact) mass is 263 g/mol. The number of nitrogens with zero attached hydrogens (tertiary/aromatic N) is 1. The standard InChI is InChI=1S/C13H17N3OS/c1-8-4-5-10(13(17-3)9(8)2)12(16-14)11-6-15-7-18-11/h4-7,12,16H,14H2,1-3H3. The predicted octanol–water partition coefficient (Wildman–Crippen LogP) is 2.32. The van der Waals surface area contributed by atoms with Crippen molar-refractivity contribution < 1.29 is 4.74 Å². The van der Waals surface area contributed by atoms with Crippen molar-refractivity contribution in [3.63, 3.8) is 0 Å². The Hall–Kier alpha value is -1.43. The number of hydrazine groups is 1. The molecule has 2 aromatic rings. The van der Waals surface area contributed by atoms with Gasteiger partial charge in [0.05, 0.1) is 18.7 Å². The highest BCUT2D eigenvalue weighted by Crippen LogP contribution is 2.34. The predicted molar refractivity (Wildman–Crippen MR) is 73.7 cm³/mol. The molecule has 1 atom stereocenters. The molecule has 1 aromatic heterocycles. The van der Waals surface area contributed by atoms with Crippen molar-refractivity contribution in [2.45, 2.75) is 19.9 Å². The highest BCUT2D eigenvalue weighted by Gasteiger charge is 2.20. The molecule has 0 aliphatic heterocycles. The van der Waals surface area contributed by atoms with Gasteiger partial charge >= 0.3 is 0 Å². The molecule has 0 amide bonds. The third kappa shape index (κ3) is 2.25. The Balaban J connectivity index is 2.52. The van der Waals surface area contributed by atoms with Crippen LogP contribution >= 0.6 is 11.3 Å². The molecule has 0 spiro atoms. The summed E-state index contributed by atoms with van der Waals surface area (Å²) in [6, 6.07) is 4.04. The van der Waals surface area contributed by atoms with Gasteiger partial charge in [-0.15, -0.1) is 11.3 Å². The molecule has 5 heteroatoms. The Kier molecular flexibility index (Phi) is 3.96. The zero-order valence-corrected chi connectivity index (χ0v) is 11.5. The number of benzene rings is 1. The summed E-state index contributed by atoms with van der Waals surface area (Å²) in [6.07, 6.45) is 1.82. The summed E-state index contributed by atoms with van der Waals surface area (Å²) < 4.78 is 5.53. The largest absolute Gasteiger partial charge is 0.496 e. The molecular weight excluding hydrogens is 246 g/mol. The van der Waals surface area contributed by atoms with E-state index in [0.29, 0.717) is 0 Å². The summed E-state index contributed by atoms with van der Waals surface area (Å²) in [5.74, 6) is 6.56. The van der Waals surface area contributed by atoms with Crippen LogP contribution in [0.3, 0.4) is 0 Å². The Bertz CT molecular complexity index is 525. The van der Waals surface area contributed by atoms with Gasteiger partial charge in [-0.2, -0.15) is 0 Å². The minimum Gasteiger partial charge on any atom is -0.496 e. The maximum Gasteiger partial charge on any atom is 0.127 e. The number of thiazole rings is 1. The summed E-state index contributed by atoms with van der Waals surface area (Å²) in [7, 11) is 1.69. The first-order chi connectivity index (χ1) is 8.69. The number of hydrogen-bond acceptors (Lipinski definition) is 5.